The van der Waals surface area contributed by atoms with Gasteiger partial charge in [-0.05, 0) is 65.2 Å². The Morgan fingerprint density at radius 2 is 1.64 bits per heavy atom. The maximum absolute atomic E-state index is 13.3. The van der Waals surface area contributed by atoms with Crippen LogP contribution in [0.25, 0.3) is 11.2 Å². The number of piperidine rings is 1. The van der Waals surface area contributed by atoms with Gasteiger partial charge >= 0.3 is 0 Å². The lowest BCUT2D eigenvalue weighted by Crippen LogP contribution is -2.42. The van der Waals surface area contributed by atoms with E-state index in [4.69, 9.17) is 25.2 Å². The van der Waals surface area contributed by atoms with Gasteiger partial charge in [-0.2, -0.15) is 14.3 Å². The van der Waals surface area contributed by atoms with Crippen molar-refractivity contribution < 1.29 is 12.9 Å². The minimum atomic E-state index is -3.66. The second-order valence-electron chi connectivity index (χ2n) is 11.4. The number of nitrogens with two attached hydrogens (primary N) is 1. The van der Waals surface area contributed by atoms with E-state index in [1.54, 1.807) is 13.8 Å². The third kappa shape index (κ3) is 5.23. The van der Waals surface area contributed by atoms with Crippen LogP contribution in [0.4, 0.5) is 11.8 Å². The zero-order chi connectivity index (χ0) is 27.1. The largest absolute Gasteiger partial charge is 0.365 e. The van der Waals surface area contributed by atoms with Crippen molar-refractivity contribution in [3.63, 3.8) is 0 Å². The maximum Gasteiger partial charge on any atom is 0.248 e. The van der Waals surface area contributed by atoms with E-state index in [0.29, 0.717) is 61.2 Å². The summed E-state index contributed by atoms with van der Waals surface area (Å²) >= 11 is 0. The summed E-state index contributed by atoms with van der Waals surface area (Å²) in [6.07, 6.45) is 12.0. The number of fused-ring (bicyclic) bond motifs is 1. The first-order chi connectivity index (χ1) is 18.8. The first-order valence-electron chi connectivity index (χ1n) is 14.3. The second kappa shape index (κ2) is 10.7. The SMILES string of the molecule is Cc1noc(C)c1S(=O)(=O)N1CCC(Nc2nc(NC3CCC(N)CC3)nc3c2ncn3C2CCCC2)CC1. The van der Waals surface area contributed by atoms with Gasteiger partial charge in [0.2, 0.25) is 16.0 Å². The number of hydrogen-bond donors (Lipinski definition) is 3. The van der Waals surface area contributed by atoms with E-state index in [1.807, 2.05) is 6.33 Å². The fraction of sp³-hybridized carbons (Fsp3) is 0.692. The highest BCUT2D eigenvalue weighted by Crippen LogP contribution is 2.34. The summed E-state index contributed by atoms with van der Waals surface area (Å²) in [4.78, 5) is 14.8. The van der Waals surface area contributed by atoms with Crippen molar-refractivity contribution in [1.82, 2.24) is 29.0 Å². The number of rotatable bonds is 7. The van der Waals surface area contributed by atoms with E-state index < -0.39 is 10.0 Å². The van der Waals surface area contributed by atoms with E-state index >= 15 is 0 Å². The monoisotopic (exact) mass is 557 g/mol. The van der Waals surface area contributed by atoms with Crippen LogP contribution in [-0.2, 0) is 10.0 Å². The Hall–Kier alpha value is -2.77. The molecule has 0 radical (unpaired) electrons. The Morgan fingerprint density at radius 3 is 2.31 bits per heavy atom. The van der Waals surface area contributed by atoms with Crippen LogP contribution in [-0.4, -0.2) is 68.6 Å². The number of nitrogens with one attached hydrogen (secondary N) is 2. The summed E-state index contributed by atoms with van der Waals surface area (Å²) in [7, 11) is -3.66. The predicted octanol–water partition coefficient (Wildman–Crippen LogP) is 3.49. The maximum atomic E-state index is 13.3. The minimum absolute atomic E-state index is 0.0661. The average Bonchev–Trinajstić information content (AvgIpc) is 3.66. The van der Waals surface area contributed by atoms with E-state index in [1.165, 1.54) is 17.1 Å². The zero-order valence-corrected chi connectivity index (χ0v) is 23.6. The molecular weight excluding hydrogens is 518 g/mol. The fourth-order valence-electron chi connectivity index (χ4n) is 6.38. The molecule has 0 unspecified atom stereocenters. The molecule has 39 heavy (non-hydrogen) atoms. The van der Waals surface area contributed by atoms with Gasteiger partial charge in [-0.25, -0.2) is 13.4 Å². The molecule has 3 aromatic rings. The predicted molar refractivity (Wildman–Crippen MR) is 148 cm³/mol. The van der Waals surface area contributed by atoms with Gasteiger partial charge in [0.1, 0.15) is 10.6 Å². The third-order valence-corrected chi connectivity index (χ3v) is 10.7. The summed E-state index contributed by atoms with van der Waals surface area (Å²) in [5, 5.41) is 11.0. The molecule has 0 amide bonds. The van der Waals surface area contributed by atoms with Crippen LogP contribution in [0.2, 0.25) is 0 Å². The second-order valence-corrected chi connectivity index (χ2v) is 13.3. The van der Waals surface area contributed by atoms with Crippen LogP contribution in [0.15, 0.2) is 15.7 Å². The van der Waals surface area contributed by atoms with Crippen molar-refractivity contribution in [3.8, 4) is 0 Å². The van der Waals surface area contributed by atoms with Gasteiger partial charge in [0.25, 0.3) is 0 Å². The molecule has 1 aliphatic heterocycles. The van der Waals surface area contributed by atoms with Gasteiger partial charge in [-0.1, -0.05) is 18.0 Å². The van der Waals surface area contributed by atoms with Gasteiger partial charge in [-0.15, -0.1) is 0 Å². The molecule has 13 heteroatoms. The Bertz CT molecular complexity index is 1390. The van der Waals surface area contributed by atoms with Crippen molar-refractivity contribution in [2.24, 2.45) is 5.73 Å². The first kappa shape index (κ1) is 26.5. The molecule has 212 valence electrons. The van der Waals surface area contributed by atoms with Crippen molar-refractivity contribution in [2.45, 2.75) is 107 Å². The highest BCUT2D eigenvalue weighted by atomic mass is 32.2. The summed E-state index contributed by atoms with van der Waals surface area (Å²) < 4.78 is 35.4. The smallest absolute Gasteiger partial charge is 0.248 e. The van der Waals surface area contributed by atoms with Crippen molar-refractivity contribution in [2.75, 3.05) is 23.7 Å². The minimum Gasteiger partial charge on any atom is -0.365 e. The normalized spacial score (nSPS) is 24.0. The molecule has 2 aliphatic carbocycles. The van der Waals surface area contributed by atoms with Crippen LogP contribution >= 0.6 is 0 Å². The molecule has 0 spiro atoms. The number of sulfonamides is 1. The molecule has 1 saturated heterocycles. The van der Waals surface area contributed by atoms with Crippen LogP contribution in [0, 0.1) is 13.8 Å². The van der Waals surface area contributed by atoms with E-state index in [-0.39, 0.29) is 17.0 Å². The first-order valence-corrected chi connectivity index (χ1v) is 15.7. The number of imidazole rings is 1. The van der Waals surface area contributed by atoms with Crippen molar-refractivity contribution in [1.29, 1.82) is 0 Å². The van der Waals surface area contributed by atoms with Gasteiger partial charge in [0, 0.05) is 37.3 Å². The number of nitrogens with zero attached hydrogens (tertiary/aromatic N) is 6. The van der Waals surface area contributed by atoms with Gasteiger partial charge in [0.15, 0.2) is 22.7 Å². The molecule has 4 heterocycles. The Morgan fingerprint density at radius 1 is 0.949 bits per heavy atom. The standard InChI is InChI=1S/C26H39N9O3S/c1-16-23(17(2)38-33-16)39(36,37)34-13-11-20(12-14-34)29-24-22-25(35(15-28-22)21-5-3-4-6-21)32-26(31-24)30-19-9-7-18(27)8-10-19/h15,18-21H,3-14,27H2,1-2H3,(H2,29,30,31,32). The number of hydrogen-bond acceptors (Lipinski definition) is 10. The Labute approximate surface area is 229 Å². The molecule has 0 aromatic carbocycles. The molecule has 0 atom stereocenters. The van der Waals surface area contributed by atoms with E-state index in [9.17, 15) is 8.42 Å². The quantitative estimate of drug-likeness (QED) is 0.393. The molecule has 12 nitrogen and oxygen atoms in total. The van der Waals surface area contributed by atoms with E-state index in [0.717, 1.165) is 49.7 Å². The van der Waals surface area contributed by atoms with Crippen LogP contribution < -0.4 is 16.4 Å². The van der Waals surface area contributed by atoms with Crippen LogP contribution in [0.1, 0.15) is 81.7 Å². The summed E-state index contributed by atoms with van der Waals surface area (Å²) in [5.74, 6) is 1.65. The highest BCUT2D eigenvalue weighted by molar-refractivity contribution is 7.89. The summed E-state index contributed by atoms with van der Waals surface area (Å²) in [6, 6.07) is 1.06. The number of aryl methyl sites for hydroxylation is 2. The van der Waals surface area contributed by atoms with Crippen LogP contribution in [0.5, 0.6) is 0 Å². The van der Waals surface area contributed by atoms with Crippen molar-refractivity contribution >= 4 is 33.0 Å². The van der Waals surface area contributed by atoms with Gasteiger partial charge < -0.3 is 25.5 Å². The lowest BCUT2D eigenvalue weighted by Gasteiger charge is -2.32. The Kier molecular flexibility index (Phi) is 7.23. The number of aromatic nitrogens is 5. The fourth-order valence-corrected chi connectivity index (χ4v) is 8.14. The van der Waals surface area contributed by atoms with E-state index in [2.05, 4.69) is 20.4 Å². The van der Waals surface area contributed by atoms with Crippen molar-refractivity contribution in [3.05, 3.63) is 17.8 Å². The highest BCUT2D eigenvalue weighted by Gasteiger charge is 2.34. The molecular formula is C26H39N9O3S. The zero-order valence-electron chi connectivity index (χ0n) is 22.8. The Balaban J connectivity index is 1.22. The molecule has 0 bridgehead atoms. The third-order valence-electron chi connectivity index (χ3n) is 8.61. The average molecular weight is 558 g/mol. The summed E-state index contributed by atoms with van der Waals surface area (Å²) in [5.41, 5.74) is 8.14. The molecule has 3 aliphatic rings. The number of anilines is 2. The molecule has 2 saturated carbocycles. The topological polar surface area (TPSA) is 157 Å². The summed E-state index contributed by atoms with van der Waals surface area (Å²) in [6.45, 7) is 4.11. The molecule has 3 aromatic heterocycles. The lowest BCUT2D eigenvalue weighted by molar-refractivity contribution is 0.328. The molecule has 3 fully saturated rings. The van der Waals surface area contributed by atoms with Gasteiger partial charge in [-0.3, -0.25) is 0 Å². The molecule has 6 rings (SSSR count). The lowest BCUT2D eigenvalue weighted by atomic mass is 9.92. The molecule has 4 N–H and O–H groups in total. The van der Waals surface area contributed by atoms with Gasteiger partial charge in [0.05, 0.1) is 6.33 Å². The van der Waals surface area contributed by atoms with Crippen LogP contribution in [0.3, 0.4) is 0 Å².